The molecule has 4 rings (SSSR count). The van der Waals surface area contributed by atoms with Crippen molar-refractivity contribution in [3.8, 4) is 0 Å². The van der Waals surface area contributed by atoms with Crippen molar-refractivity contribution >= 4 is 21.0 Å². The Balaban J connectivity index is 1.41. The van der Waals surface area contributed by atoms with Crippen molar-refractivity contribution in [3.05, 3.63) is 48.2 Å². The minimum atomic E-state index is -3.46. The van der Waals surface area contributed by atoms with Gasteiger partial charge in [0.15, 0.2) is 5.58 Å². The van der Waals surface area contributed by atoms with E-state index in [2.05, 4.69) is 19.4 Å². The van der Waals surface area contributed by atoms with Gasteiger partial charge in [-0.3, -0.25) is 0 Å². The third-order valence-electron chi connectivity index (χ3n) is 4.42. The minimum Gasteiger partial charge on any atom is -0.356 e. The molecule has 1 aliphatic heterocycles. The first-order valence-corrected chi connectivity index (χ1v) is 9.56. The smallest absolute Gasteiger partial charge is 0.217 e. The molecule has 1 aliphatic rings. The average Bonchev–Trinajstić information content (AvgIpc) is 3.19. The third-order valence-corrected chi connectivity index (χ3v) is 5.68. The summed E-state index contributed by atoms with van der Waals surface area (Å²) in [5.74, 6) is 1.11. The van der Waals surface area contributed by atoms with Gasteiger partial charge in [0, 0.05) is 37.3 Å². The Hall–Kier alpha value is -2.19. The number of hydrogen-bond acceptors (Lipinski definition) is 5. The molecule has 0 saturated carbocycles. The van der Waals surface area contributed by atoms with Crippen LogP contribution in [0.3, 0.4) is 0 Å². The van der Waals surface area contributed by atoms with Gasteiger partial charge in [-0.1, -0.05) is 17.3 Å². The standard InChI is InChI=1S/C16H18N4O3S/c21-24(22,11-14-13-3-1-2-4-15(13)23-19-14)18-10-12-5-7-20-8-6-17-16(20)9-12/h1-4,6,8,12,18H,5,7,9-11H2. The van der Waals surface area contributed by atoms with Crippen molar-refractivity contribution in [2.75, 3.05) is 6.54 Å². The summed E-state index contributed by atoms with van der Waals surface area (Å²) < 4.78 is 34.7. The summed E-state index contributed by atoms with van der Waals surface area (Å²) in [4.78, 5) is 4.31. The van der Waals surface area contributed by atoms with Crippen LogP contribution in [0, 0.1) is 5.92 Å². The van der Waals surface area contributed by atoms with E-state index >= 15 is 0 Å². The predicted molar refractivity (Wildman–Crippen MR) is 88.7 cm³/mol. The van der Waals surface area contributed by atoms with Crippen LogP contribution in [-0.2, 0) is 28.7 Å². The number of rotatable bonds is 5. The predicted octanol–water partition coefficient (Wildman–Crippen LogP) is 1.71. The van der Waals surface area contributed by atoms with E-state index in [4.69, 9.17) is 4.52 Å². The van der Waals surface area contributed by atoms with Crippen LogP contribution >= 0.6 is 0 Å². The average molecular weight is 346 g/mol. The molecule has 1 atom stereocenters. The van der Waals surface area contributed by atoms with Crippen LogP contribution in [0.1, 0.15) is 17.9 Å². The van der Waals surface area contributed by atoms with E-state index in [1.165, 1.54) is 0 Å². The van der Waals surface area contributed by atoms with E-state index < -0.39 is 10.0 Å². The Morgan fingerprint density at radius 3 is 3.12 bits per heavy atom. The number of hydrogen-bond donors (Lipinski definition) is 1. The number of nitrogens with zero attached hydrogens (tertiary/aromatic N) is 3. The van der Waals surface area contributed by atoms with Crippen LogP contribution in [0.15, 0.2) is 41.2 Å². The first-order valence-electron chi connectivity index (χ1n) is 7.91. The molecule has 0 radical (unpaired) electrons. The summed E-state index contributed by atoms with van der Waals surface area (Å²) in [6.45, 7) is 1.31. The summed E-state index contributed by atoms with van der Waals surface area (Å²) in [6.07, 6.45) is 5.49. The second kappa shape index (κ2) is 6.03. The molecule has 3 heterocycles. The summed E-state index contributed by atoms with van der Waals surface area (Å²) in [5, 5.41) is 4.63. The molecule has 3 aromatic rings. The molecule has 0 amide bonds. The second-order valence-electron chi connectivity index (χ2n) is 6.13. The van der Waals surface area contributed by atoms with Crippen molar-refractivity contribution in [1.82, 2.24) is 19.4 Å². The molecule has 0 fully saturated rings. The highest BCUT2D eigenvalue weighted by atomic mass is 32.2. The van der Waals surface area contributed by atoms with E-state index in [9.17, 15) is 8.42 Å². The van der Waals surface area contributed by atoms with E-state index in [1.807, 2.05) is 24.4 Å². The highest BCUT2D eigenvalue weighted by molar-refractivity contribution is 7.88. The van der Waals surface area contributed by atoms with Crippen molar-refractivity contribution in [2.45, 2.75) is 25.1 Å². The van der Waals surface area contributed by atoms with Gasteiger partial charge < -0.3 is 9.09 Å². The highest BCUT2D eigenvalue weighted by Crippen LogP contribution is 2.21. The Bertz CT molecular complexity index is 961. The van der Waals surface area contributed by atoms with E-state index in [0.29, 0.717) is 17.8 Å². The highest BCUT2D eigenvalue weighted by Gasteiger charge is 2.22. The van der Waals surface area contributed by atoms with Crippen LogP contribution in [0.25, 0.3) is 11.0 Å². The SMILES string of the molecule is O=S(=O)(Cc1noc2ccccc12)NCC1CCn2ccnc2C1. The Labute approximate surface area is 139 Å². The maximum absolute atomic E-state index is 12.4. The van der Waals surface area contributed by atoms with Gasteiger partial charge in [0.2, 0.25) is 10.0 Å². The van der Waals surface area contributed by atoms with Crippen molar-refractivity contribution in [1.29, 1.82) is 0 Å². The quantitative estimate of drug-likeness (QED) is 0.759. The fourth-order valence-corrected chi connectivity index (χ4v) is 4.27. The molecule has 0 bridgehead atoms. The first kappa shape index (κ1) is 15.3. The molecule has 126 valence electrons. The molecule has 0 saturated heterocycles. The Morgan fingerprint density at radius 1 is 1.33 bits per heavy atom. The number of aromatic nitrogens is 3. The van der Waals surface area contributed by atoms with E-state index in [-0.39, 0.29) is 11.7 Å². The molecular formula is C16H18N4O3S. The number of para-hydroxylation sites is 1. The summed E-state index contributed by atoms with van der Waals surface area (Å²) in [5.41, 5.74) is 1.04. The van der Waals surface area contributed by atoms with E-state index in [1.54, 1.807) is 12.3 Å². The van der Waals surface area contributed by atoms with Gasteiger partial charge in [0.25, 0.3) is 0 Å². The minimum absolute atomic E-state index is 0.175. The van der Waals surface area contributed by atoms with Gasteiger partial charge in [-0.25, -0.2) is 18.1 Å². The molecule has 1 unspecified atom stereocenters. The van der Waals surface area contributed by atoms with E-state index in [0.717, 1.165) is 30.6 Å². The van der Waals surface area contributed by atoms with Crippen LogP contribution in [-0.4, -0.2) is 29.7 Å². The number of nitrogens with one attached hydrogen (secondary N) is 1. The zero-order chi connectivity index (χ0) is 16.6. The van der Waals surface area contributed by atoms with Gasteiger partial charge in [0.1, 0.15) is 17.3 Å². The van der Waals surface area contributed by atoms with Gasteiger partial charge in [0.05, 0.1) is 0 Å². The van der Waals surface area contributed by atoms with Crippen molar-refractivity contribution in [2.24, 2.45) is 5.92 Å². The number of imidazole rings is 1. The zero-order valence-electron chi connectivity index (χ0n) is 13.1. The monoisotopic (exact) mass is 346 g/mol. The van der Waals surface area contributed by atoms with Gasteiger partial charge in [-0.05, 0) is 24.5 Å². The zero-order valence-corrected chi connectivity index (χ0v) is 13.9. The summed E-state index contributed by atoms with van der Waals surface area (Å²) in [6, 6.07) is 7.26. The fourth-order valence-electron chi connectivity index (χ4n) is 3.11. The summed E-state index contributed by atoms with van der Waals surface area (Å²) in [7, 11) is -3.46. The molecule has 2 aromatic heterocycles. The lowest BCUT2D eigenvalue weighted by Crippen LogP contribution is -2.34. The summed E-state index contributed by atoms with van der Waals surface area (Å²) >= 11 is 0. The maximum atomic E-state index is 12.4. The Morgan fingerprint density at radius 2 is 2.21 bits per heavy atom. The first-order chi connectivity index (χ1) is 11.6. The van der Waals surface area contributed by atoms with Crippen LogP contribution in [0.2, 0.25) is 0 Å². The van der Waals surface area contributed by atoms with Crippen LogP contribution in [0.4, 0.5) is 0 Å². The van der Waals surface area contributed by atoms with Crippen molar-refractivity contribution < 1.29 is 12.9 Å². The number of benzene rings is 1. The molecule has 0 spiro atoms. The lowest BCUT2D eigenvalue weighted by molar-refractivity contribution is 0.379. The maximum Gasteiger partial charge on any atom is 0.217 e. The van der Waals surface area contributed by atoms with Crippen molar-refractivity contribution in [3.63, 3.8) is 0 Å². The fraction of sp³-hybridized carbons (Fsp3) is 0.375. The topological polar surface area (TPSA) is 90.0 Å². The lowest BCUT2D eigenvalue weighted by atomic mass is 9.98. The lowest BCUT2D eigenvalue weighted by Gasteiger charge is -2.23. The Kier molecular flexibility index (Phi) is 3.85. The molecule has 0 aliphatic carbocycles. The molecule has 8 heteroatoms. The van der Waals surface area contributed by atoms with Gasteiger partial charge >= 0.3 is 0 Å². The largest absolute Gasteiger partial charge is 0.356 e. The number of fused-ring (bicyclic) bond motifs is 2. The second-order valence-corrected chi connectivity index (χ2v) is 7.94. The molecule has 1 aromatic carbocycles. The molecule has 24 heavy (non-hydrogen) atoms. The molecular weight excluding hydrogens is 328 g/mol. The molecule has 1 N–H and O–H groups in total. The third kappa shape index (κ3) is 3.07. The molecule has 7 nitrogen and oxygen atoms in total. The van der Waals surface area contributed by atoms with Gasteiger partial charge in [-0.2, -0.15) is 0 Å². The van der Waals surface area contributed by atoms with Gasteiger partial charge in [-0.15, -0.1) is 0 Å². The number of sulfonamides is 1. The van der Waals surface area contributed by atoms with Crippen LogP contribution in [0.5, 0.6) is 0 Å². The number of aryl methyl sites for hydroxylation is 1. The van der Waals surface area contributed by atoms with Crippen LogP contribution < -0.4 is 4.72 Å². The normalized spacial score (nSPS) is 17.9.